The molecule has 6 heteroatoms. The number of ether oxygens (including phenoxy) is 1. The number of anilines is 1. The van der Waals surface area contributed by atoms with Crippen molar-refractivity contribution in [2.24, 2.45) is 5.92 Å². The van der Waals surface area contributed by atoms with Crippen molar-refractivity contribution in [2.45, 2.75) is 12.8 Å². The quantitative estimate of drug-likeness (QED) is 0.822. The summed E-state index contributed by atoms with van der Waals surface area (Å²) in [7, 11) is 2.08. The lowest BCUT2D eigenvalue weighted by atomic mass is 10.1. The van der Waals surface area contributed by atoms with Crippen LogP contribution in [-0.4, -0.2) is 55.8 Å². The Labute approximate surface area is 160 Å². The SMILES string of the molecule is CN1CCOCC(CNC(=O)Nc2ccccc2CCc2ccccn2)C1. The van der Waals surface area contributed by atoms with Crippen molar-refractivity contribution in [3.8, 4) is 0 Å². The predicted octanol–water partition coefficient (Wildman–Crippen LogP) is 2.57. The van der Waals surface area contributed by atoms with Crippen LogP contribution in [0.2, 0.25) is 0 Å². The Morgan fingerprint density at radius 2 is 2.07 bits per heavy atom. The molecule has 1 aliphatic rings. The molecule has 1 aromatic carbocycles. The van der Waals surface area contributed by atoms with Gasteiger partial charge >= 0.3 is 6.03 Å². The van der Waals surface area contributed by atoms with E-state index in [0.29, 0.717) is 19.1 Å². The van der Waals surface area contributed by atoms with E-state index in [1.54, 1.807) is 0 Å². The van der Waals surface area contributed by atoms with Gasteiger partial charge in [0.15, 0.2) is 0 Å². The summed E-state index contributed by atoms with van der Waals surface area (Å²) in [4.78, 5) is 19.0. The molecular formula is C21H28N4O2. The minimum atomic E-state index is -0.174. The Kier molecular flexibility index (Phi) is 7.19. The minimum absolute atomic E-state index is 0.174. The molecule has 2 N–H and O–H groups in total. The van der Waals surface area contributed by atoms with Gasteiger partial charge in [-0.25, -0.2) is 4.79 Å². The lowest BCUT2D eigenvalue weighted by Crippen LogP contribution is -2.38. The number of carbonyl (C=O) groups is 1. The topological polar surface area (TPSA) is 66.5 Å². The zero-order valence-electron chi connectivity index (χ0n) is 15.9. The molecule has 1 atom stereocenters. The van der Waals surface area contributed by atoms with Gasteiger partial charge < -0.3 is 20.3 Å². The minimum Gasteiger partial charge on any atom is -0.380 e. The molecule has 2 amide bonds. The first-order chi connectivity index (χ1) is 13.2. The highest BCUT2D eigenvalue weighted by Gasteiger charge is 2.17. The number of amides is 2. The number of carbonyl (C=O) groups excluding carboxylic acids is 1. The van der Waals surface area contributed by atoms with Gasteiger partial charge in [-0.15, -0.1) is 0 Å². The summed E-state index contributed by atoms with van der Waals surface area (Å²) in [5.74, 6) is 0.308. The van der Waals surface area contributed by atoms with Crippen LogP contribution in [-0.2, 0) is 17.6 Å². The largest absolute Gasteiger partial charge is 0.380 e. The van der Waals surface area contributed by atoms with Gasteiger partial charge in [0, 0.05) is 43.1 Å². The molecule has 1 saturated heterocycles. The van der Waals surface area contributed by atoms with E-state index in [-0.39, 0.29) is 6.03 Å². The summed E-state index contributed by atoms with van der Waals surface area (Å²) >= 11 is 0. The second-order valence-corrected chi connectivity index (χ2v) is 7.02. The maximum absolute atomic E-state index is 12.4. The van der Waals surface area contributed by atoms with Crippen LogP contribution < -0.4 is 10.6 Å². The highest BCUT2D eigenvalue weighted by atomic mass is 16.5. The average Bonchev–Trinajstić information content (AvgIpc) is 2.90. The first-order valence-corrected chi connectivity index (χ1v) is 9.49. The average molecular weight is 368 g/mol. The number of nitrogens with one attached hydrogen (secondary N) is 2. The monoisotopic (exact) mass is 368 g/mol. The molecule has 0 saturated carbocycles. The number of hydrogen-bond acceptors (Lipinski definition) is 4. The highest BCUT2D eigenvalue weighted by molar-refractivity contribution is 5.90. The van der Waals surface area contributed by atoms with Crippen molar-refractivity contribution in [2.75, 3.05) is 45.2 Å². The summed E-state index contributed by atoms with van der Waals surface area (Å²) < 4.78 is 5.60. The van der Waals surface area contributed by atoms with Crippen LogP contribution in [0.25, 0.3) is 0 Å². The standard InChI is InChI=1S/C21H28N4O2/c1-25-12-13-27-16-17(15-25)14-23-21(26)24-20-8-3-2-6-18(20)9-10-19-7-4-5-11-22-19/h2-8,11,17H,9-10,12-16H2,1H3,(H2,23,24,26). The lowest BCUT2D eigenvalue weighted by Gasteiger charge is -2.19. The number of pyridine rings is 1. The van der Waals surface area contributed by atoms with Crippen molar-refractivity contribution < 1.29 is 9.53 Å². The molecule has 2 heterocycles. The van der Waals surface area contributed by atoms with E-state index in [2.05, 4.69) is 27.6 Å². The second kappa shape index (κ2) is 10.0. The van der Waals surface area contributed by atoms with E-state index in [1.165, 1.54) is 0 Å². The van der Waals surface area contributed by atoms with Crippen LogP contribution in [0.15, 0.2) is 48.7 Å². The summed E-state index contributed by atoms with van der Waals surface area (Å²) in [6, 6.07) is 13.7. The number of hydrogen-bond donors (Lipinski definition) is 2. The van der Waals surface area contributed by atoms with E-state index >= 15 is 0 Å². The number of rotatable bonds is 6. The van der Waals surface area contributed by atoms with Gasteiger partial charge in [0.2, 0.25) is 0 Å². The molecule has 1 unspecified atom stereocenters. The van der Waals surface area contributed by atoms with Gasteiger partial charge in [-0.05, 0) is 43.7 Å². The number of nitrogens with zero attached hydrogens (tertiary/aromatic N) is 2. The fourth-order valence-corrected chi connectivity index (χ4v) is 3.25. The number of aromatic nitrogens is 1. The molecule has 0 radical (unpaired) electrons. The summed E-state index contributed by atoms with van der Waals surface area (Å²) in [6.07, 6.45) is 3.48. The molecule has 0 spiro atoms. The molecule has 3 rings (SSSR count). The first kappa shape index (κ1) is 19.3. The third kappa shape index (κ3) is 6.34. The van der Waals surface area contributed by atoms with Crippen LogP contribution in [0, 0.1) is 5.92 Å². The third-order valence-corrected chi connectivity index (χ3v) is 4.73. The molecule has 1 aromatic heterocycles. The summed E-state index contributed by atoms with van der Waals surface area (Å²) in [6.45, 7) is 3.91. The summed E-state index contributed by atoms with van der Waals surface area (Å²) in [5, 5.41) is 5.97. The Hall–Kier alpha value is -2.44. The lowest BCUT2D eigenvalue weighted by molar-refractivity contribution is 0.122. The number of urea groups is 1. The number of para-hydroxylation sites is 1. The zero-order valence-corrected chi connectivity index (χ0v) is 15.9. The predicted molar refractivity (Wildman–Crippen MR) is 107 cm³/mol. The van der Waals surface area contributed by atoms with Gasteiger partial charge in [0.1, 0.15) is 0 Å². The summed E-state index contributed by atoms with van der Waals surface area (Å²) in [5.41, 5.74) is 3.00. The Bertz CT molecular complexity index is 723. The van der Waals surface area contributed by atoms with Gasteiger partial charge in [0.05, 0.1) is 13.2 Å². The van der Waals surface area contributed by atoms with Crippen molar-refractivity contribution in [1.82, 2.24) is 15.2 Å². The first-order valence-electron chi connectivity index (χ1n) is 9.49. The maximum Gasteiger partial charge on any atom is 0.319 e. The van der Waals surface area contributed by atoms with Crippen LogP contribution in [0.5, 0.6) is 0 Å². The van der Waals surface area contributed by atoms with Gasteiger partial charge in [-0.3, -0.25) is 4.98 Å². The molecule has 27 heavy (non-hydrogen) atoms. The van der Waals surface area contributed by atoms with Gasteiger partial charge in [-0.2, -0.15) is 0 Å². The van der Waals surface area contributed by atoms with Gasteiger partial charge in [-0.1, -0.05) is 24.3 Å². The molecule has 1 fully saturated rings. The van der Waals surface area contributed by atoms with E-state index in [1.807, 2.05) is 48.7 Å². The second-order valence-electron chi connectivity index (χ2n) is 7.02. The molecule has 0 aliphatic carbocycles. The van der Waals surface area contributed by atoms with Crippen molar-refractivity contribution in [1.29, 1.82) is 0 Å². The molecule has 0 bridgehead atoms. The number of likely N-dealkylation sites (N-methyl/N-ethyl adjacent to an activating group) is 1. The van der Waals surface area contributed by atoms with Crippen molar-refractivity contribution in [3.05, 3.63) is 59.9 Å². The smallest absolute Gasteiger partial charge is 0.319 e. The van der Waals surface area contributed by atoms with E-state index in [9.17, 15) is 4.79 Å². The molecule has 2 aromatic rings. The fourth-order valence-electron chi connectivity index (χ4n) is 3.25. The third-order valence-electron chi connectivity index (χ3n) is 4.73. The van der Waals surface area contributed by atoms with Crippen molar-refractivity contribution >= 4 is 11.7 Å². The Balaban J connectivity index is 1.51. The van der Waals surface area contributed by atoms with Crippen LogP contribution in [0.3, 0.4) is 0 Å². The Morgan fingerprint density at radius 1 is 1.22 bits per heavy atom. The zero-order chi connectivity index (χ0) is 18.9. The Morgan fingerprint density at radius 3 is 2.93 bits per heavy atom. The fraction of sp³-hybridized carbons (Fsp3) is 0.429. The number of benzene rings is 1. The van der Waals surface area contributed by atoms with Gasteiger partial charge in [0.25, 0.3) is 0 Å². The van der Waals surface area contributed by atoms with Crippen molar-refractivity contribution in [3.63, 3.8) is 0 Å². The number of aryl methyl sites for hydroxylation is 2. The van der Waals surface area contributed by atoms with Crippen LogP contribution in [0.4, 0.5) is 10.5 Å². The molecule has 6 nitrogen and oxygen atoms in total. The normalized spacial score (nSPS) is 17.9. The molecule has 1 aliphatic heterocycles. The molecular weight excluding hydrogens is 340 g/mol. The van der Waals surface area contributed by atoms with Crippen LogP contribution >= 0.6 is 0 Å². The van der Waals surface area contributed by atoms with Crippen LogP contribution in [0.1, 0.15) is 11.3 Å². The van der Waals surface area contributed by atoms with E-state index in [4.69, 9.17) is 4.74 Å². The van der Waals surface area contributed by atoms with E-state index < -0.39 is 0 Å². The maximum atomic E-state index is 12.4. The molecule has 144 valence electrons. The van der Waals surface area contributed by atoms with E-state index in [0.717, 1.165) is 49.5 Å². The highest BCUT2D eigenvalue weighted by Crippen LogP contribution is 2.17.